The van der Waals surface area contributed by atoms with E-state index in [9.17, 15) is 10.1 Å². The molecule has 108 valence electrons. The van der Waals surface area contributed by atoms with E-state index in [2.05, 4.69) is 30.6 Å². The summed E-state index contributed by atoms with van der Waals surface area (Å²) >= 11 is 5.82. The molecule has 1 aliphatic rings. The summed E-state index contributed by atoms with van der Waals surface area (Å²) in [6.45, 7) is 5.43. The number of carbonyl (C=O) groups excluding carboxylic acids is 1. The van der Waals surface area contributed by atoms with Gasteiger partial charge in [0.25, 0.3) is 0 Å². The zero-order chi connectivity index (χ0) is 15.4. The minimum atomic E-state index is -0.454. The fraction of sp³-hybridized carbons (Fsp3) is 0.200. The lowest BCUT2D eigenvalue weighted by Crippen LogP contribution is -2.28. The van der Waals surface area contributed by atoms with Crippen LogP contribution in [0, 0.1) is 11.3 Å². The molecular formula is C15H14N2O2S2. The van der Waals surface area contributed by atoms with Crippen molar-refractivity contribution in [1.29, 1.82) is 5.26 Å². The standard InChI is InChI=1S/C15H14N2O2S2/c1-3-5-19-15(18)12-9(2)17-14(20)11(7-16)13(12)10-4-6-21-8-10/h3-4,6,8,13,17,20H,1,5H2,2H3. The number of nitrogens with one attached hydrogen (secondary N) is 1. The van der Waals surface area contributed by atoms with Gasteiger partial charge in [0.15, 0.2) is 0 Å². The van der Waals surface area contributed by atoms with Gasteiger partial charge in [-0.25, -0.2) is 4.79 Å². The second-order valence-electron chi connectivity index (χ2n) is 4.41. The van der Waals surface area contributed by atoms with Crippen LogP contribution in [-0.2, 0) is 9.53 Å². The smallest absolute Gasteiger partial charge is 0.337 e. The summed E-state index contributed by atoms with van der Waals surface area (Å²) in [6, 6.07) is 4.03. The number of thiophene rings is 1. The highest BCUT2D eigenvalue weighted by atomic mass is 32.1. The summed E-state index contributed by atoms with van der Waals surface area (Å²) in [6.07, 6.45) is 1.51. The average molecular weight is 318 g/mol. The lowest BCUT2D eigenvalue weighted by molar-refractivity contribution is -0.138. The highest BCUT2D eigenvalue weighted by Crippen LogP contribution is 2.39. The minimum absolute atomic E-state index is 0.130. The first-order valence-corrected chi connectivity index (χ1v) is 7.60. The van der Waals surface area contributed by atoms with Crippen molar-refractivity contribution in [2.45, 2.75) is 12.8 Å². The Bertz CT molecular complexity index is 666. The maximum atomic E-state index is 12.3. The van der Waals surface area contributed by atoms with E-state index >= 15 is 0 Å². The summed E-state index contributed by atoms with van der Waals surface area (Å²) in [7, 11) is 0. The molecule has 0 radical (unpaired) electrons. The van der Waals surface area contributed by atoms with Crippen molar-refractivity contribution in [2.24, 2.45) is 0 Å². The molecule has 0 spiro atoms. The lowest BCUT2D eigenvalue weighted by Gasteiger charge is -2.27. The van der Waals surface area contributed by atoms with Crippen LogP contribution in [0.2, 0.25) is 0 Å². The second kappa shape index (κ2) is 6.66. The number of hydrogen-bond acceptors (Lipinski definition) is 6. The molecule has 1 N–H and O–H groups in total. The van der Waals surface area contributed by atoms with E-state index in [-0.39, 0.29) is 6.61 Å². The first kappa shape index (κ1) is 15.4. The SMILES string of the molecule is C=CCOC(=O)C1=C(C)NC(S)=C(C#N)C1c1ccsc1. The van der Waals surface area contributed by atoms with E-state index in [1.807, 2.05) is 16.8 Å². The summed E-state index contributed by atoms with van der Waals surface area (Å²) in [5.41, 5.74) is 2.37. The minimum Gasteiger partial charge on any atom is -0.458 e. The van der Waals surface area contributed by atoms with Crippen LogP contribution in [0.15, 0.2) is 51.4 Å². The Morgan fingerprint density at radius 1 is 1.71 bits per heavy atom. The molecule has 4 nitrogen and oxygen atoms in total. The zero-order valence-electron chi connectivity index (χ0n) is 11.4. The van der Waals surface area contributed by atoms with Gasteiger partial charge in [-0.1, -0.05) is 12.7 Å². The van der Waals surface area contributed by atoms with Crippen molar-refractivity contribution in [2.75, 3.05) is 6.61 Å². The van der Waals surface area contributed by atoms with Gasteiger partial charge in [0.1, 0.15) is 6.61 Å². The average Bonchev–Trinajstić information content (AvgIpc) is 2.97. The lowest BCUT2D eigenvalue weighted by atomic mass is 9.84. The van der Waals surface area contributed by atoms with E-state index in [4.69, 9.17) is 4.74 Å². The van der Waals surface area contributed by atoms with Crippen LogP contribution >= 0.6 is 24.0 Å². The predicted molar refractivity (Wildman–Crippen MR) is 85.7 cm³/mol. The van der Waals surface area contributed by atoms with Crippen molar-refractivity contribution >= 4 is 29.9 Å². The summed E-state index contributed by atoms with van der Waals surface area (Å²) in [5, 5.41) is 16.7. The third kappa shape index (κ3) is 3.04. The van der Waals surface area contributed by atoms with Gasteiger partial charge in [0, 0.05) is 5.70 Å². The van der Waals surface area contributed by atoms with Gasteiger partial charge in [-0.15, -0.1) is 12.6 Å². The van der Waals surface area contributed by atoms with Crippen LogP contribution in [0.25, 0.3) is 0 Å². The Hall–Kier alpha value is -1.97. The molecular weight excluding hydrogens is 304 g/mol. The summed E-state index contributed by atoms with van der Waals surface area (Å²) < 4.78 is 5.15. The van der Waals surface area contributed by atoms with Crippen molar-refractivity contribution < 1.29 is 9.53 Å². The monoisotopic (exact) mass is 318 g/mol. The first-order valence-electron chi connectivity index (χ1n) is 6.21. The number of nitrogens with zero attached hydrogens (tertiary/aromatic N) is 1. The molecule has 1 atom stereocenters. The maximum absolute atomic E-state index is 12.3. The maximum Gasteiger partial charge on any atom is 0.337 e. The quantitative estimate of drug-likeness (QED) is 0.509. The van der Waals surface area contributed by atoms with Crippen molar-refractivity contribution in [3.8, 4) is 6.07 Å². The van der Waals surface area contributed by atoms with Gasteiger partial charge in [0.2, 0.25) is 0 Å². The van der Waals surface area contributed by atoms with Gasteiger partial charge < -0.3 is 10.1 Å². The van der Waals surface area contributed by atoms with E-state index in [1.54, 1.807) is 6.92 Å². The number of allylic oxidation sites excluding steroid dienone is 2. The Labute approximate surface area is 132 Å². The van der Waals surface area contributed by atoms with Crippen molar-refractivity contribution in [1.82, 2.24) is 5.32 Å². The van der Waals surface area contributed by atoms with Gasteiger partial charge in [-0.3, -0.25) is 0 Å². The van der Waals surface area contributed by atoms with E-state index in [1.165, 1.54) is 17.4 Å². The molecule has 1 aromatic rings. The number of esters is 1. The molecule has 0 bridgehead atoms. The molecule has 0 aliphatic carbocycles. The Balaban J connectivity index is 2.49. The molecule has 1 aliphatic heterocycles. The van der Waals surface area contributed by atoms with Crippen LogP contribution in [0.4, 0.5) is 0 Å². The molecule has 0 saturated carbocycles. The first-order chi connectivity index (χ1) is 10.1. The van der Waals surface area contributed by atoms with Crippen LogP contribution in [0.3, 0.4) is 0 Å². The van der Waals surface area contributed by atoms with E-state index in [0.717, 1.165) is 5.56 Å². The van der Waals surface area contributed by atoms with Crippen LogP contribution in [0.1, 0.15) is 18.4 Å². The third-order valence-electron chi connectivity index (χ3n) is 3.09. The topological polar surface area (TPSA) is 62.1 Å². The summed E-state index contributed by atoms with van der Waals surface area (Å²) in [4.78, 5) is 12.3. The van der Waals surface area contributed by atoms with Gasteiger partial charge >= 0.3 is 5.97 Å². The molecule has 0 amide bonds. The van der Waals surface area contributed by atoms with Crippen LogP contribution < -0.4 is 5.32 Å². The van der Waals surface area contributed by atoms with Crippen molar-refractivity contribution in [3.05, 3.63) is 56.9 Å². The van der Waals surface area contributed by atoms with Gasteiger partial charge in [0.05, 0.1) is 28.2 Å². The third-order valence-corrected chi connectivity index (χ3v) is 4.15. The number of dihydropyridines is 1. The second-order valence-corrected chi connectivity index (χ2v) is 5.64. The largest absolute Gasteiger partial charge is 0.458 e. The van der Waals surface area contributed by atoms with Crippen LogP contribution in [0.5, 0.6) is 0 Å². The Morgan fingerprint density at radius 2 is 2.48 bits per heavy atom. The molecule has 2 rings (SSSR count). The number of hydrogen-bond donors (Lipinski definition) is 2. The highest BCUT2D eigenvalue weighted by Gasteiger charge is 2.34. The van der Waals surface area contributed by atoms with E-state index in [0.29, 0.717) is 21.9 Å². The van der Waals surface area contributed by atoms with Gasteiger partial charge in [-0.2, -0.15) is 16.6 Å². The predicted octanol–water partition coefficient (Wildman–Crippen LogP) is 3.10. The van der Waals surface area contributed by atoms with Crippen molar-refractivity contribution in [3.63, 3.8) is 0 Å². The molecule has 0 saturated heterocycles. The summed E-state index contributed by atoms with van der Waals surface area (Å²) in [5.74, 6) is -0.906. The Kier molecular flexibility index (Phi) is 4.89. The number of thiol groups is 1. The number of ether oxygens (including phenoxy) is 1. The zero-order valence-corrected chi connectivity index (χ0v) is 13.1. The molecule has 0 fully saturated rings. The molecule has 2 heterocycles. The number of nitriles is 1. The van der Waals surface area contributed by atoms with Crippen LogP contribution in [-0.4, -0.2) is 12.6 Å². The molecule has 1 aromatic heterocycles. The molecule has 21 heavy (non-hydrogen) atoms. The molecule has 1 unspecified atom stereocenters. The molecule has 6 heteroatoms. The molecule has 0 aromatic carbocycles. The fourth-order valence-electron chi connectivity index (χ4n) is 2.18. The highest BCUT2D eigenvalue weighted by molar-refractivity contribution is 7.84. The number of carbonyl (C=O) groups is 1. The van der Waals surface area contributed by atoms with E-state index < -0.39 is 11.9 Å². The fourth-order valence-corrected chi connectivity index (χ4v) is 3.22. The Morgan fingerprint density at radius 3 is 3.05 bits per heavy atom. The normalized spacial score (nSPS) is 18.0. The number of rotatable bonds is 4. The van der Waals surface area contributed by atoms with Gasteiger partial charge in [-0.05, 0) is 29.3 Å².